The van der Waals surface area contributed by atoms with Crippen LogP contribution in [0.2, 0.25) is 0 Å². The number of aryl methyl sites for hydroxylation is 1. The van der Waals surface area contributed by atoms with Gasteiger partial charge in [0, 0.05) is 37.5 Å². The number of carbonyl (C=O) groups is 2. The van der Waals surface area contributed by atoms with E-state index in [2.05, 4.69) is 29.2 Å². The Morgan fingerprint density at radius 1 is 0.929 bits per heavy atom. The maximum atomic E-state index is 12.4. The van der Waals surface area contributed by atoms with E-state index in [1.807, 2.05) is 30.0 Å². The maximum absolute atomic E-state index is 12.4. The predicted octanol–water partition coefficient (Wildman–Crippen LogP) is 8.45. The van der Waals surface area contributed by atoms with Crippen molar-refractivity contribution in [2.45, 2.75) is 146 Å². The summed E-state index contributed by atoms with van der Waals surface area (Å²) >= 11 is 1.96. The Bertz CT molecular complexity index is 807. The monoisotopic (exact) mass is 605 g/mol. The minimum atomic E-state index is -1.10. The van der Waals surface area contributed by atoms with Crippen LogP contribution < -0.4 is 9.88 Å². The molecule has 1 N–H and O–H groups in total. The molecule has 1 aliphatic heterocycles. The lowest BCUT2D eigenvalue weighted by Gasteiger charge is -2.37. The number of hydrogen-bond donors (Lipinski definition) is 1. The van der Waals surface area contributed by atoms with Crippen LogP contribution in [0.3, 0.4) is 0 Å². The molecule has 3 atom stereocenters. The van der Waals surface area contributed by atoms with Crippen molar-refractivity contribution in [2.24, 2.45) is 5.92 Å². The number of aldehydes is 1. The standard InChI is InChI=1S/C35H60N2O4S/c1-3-4-5-6-7-8-9-10-11-12-13-14-15-16-17-19-24-36-34(39)41-31-35(30-38,40-2)29-32(33-23-28-42-33)22-27-37-25-20-18-21-26-37/h18,20-21,25-26,30,32-33H,3-17,19,22-24,27-29,31H2,1-2H3/p+1. The van der Waals surface area contributed by atoms with Gasteiger partial charge in [0.2, 0.25) is 0 Å². The summed E-state index contributed by atoms with van der Waals surface area (Å²) in [6.07, 6.45) is 28.4. The summed E-state index contributed by atoms with van der Waals surface area (Å²) in [5.41, 5.74) is -1.10. The molecule has 0 aliphatic carbocycles. The van der Waals surface area contributed by atoms with Gasteiger partial charge in [-0.2, -0.15) is 11.8 Å². The second-order valence-corrected chi connectivity index (χ2v) is 13.6. The number of hydrogen-bond acceptors (Lipinski definition) is 5. The molecule has 6 nitrogen and oxygen atoms in total. The van der Waals surface area contributed by atoms with E-state index in [0.717, 1.165) is 38.5 Å². The molecular formula is C35H61N2O4S+. The first-order valence-corrected chi connectivity index (χ1v) is 18.1. The number of carbonyl (C=O) groups excluding carboxylic acids is 2. The van der Waals surface area contributed by atoms with Crippen LogP contribution in [0.1, 0.15) is 129 Å². The molecule has 7 heteroatoms. The van der Waals surface area contributed by atoms with E-state index < -0.39 is 11.7 Å². The van der Waals surface area contributed by atoms with Crippen molar-refractivity contribution in [1.82, 2.24) is 5.32 Å². The number of nitrogens with zero attached hydrogens (tertiary/aromatic N) is 1. The van der Waals surface area contributed by atoms with Crippen LogP contribution >= 0.6 is 11.8 Å². The van der Waals surface area contributed by atoms with Crippen LogP contribution in [0.25, 0.3) is 0 Å². The molecule has 1 saturated heterocycles. The first kappa shape index (κ1) is 36.6. The zero-order valence-corrected chi connectivity index (χ0v) is 27.7. The Balaban J connectivity index is 1.51. The molecule has 1 fully saturated rings. The fourth-order valence-corrected chi connectivity index (χ4v) is 6.83. The Morgan fingerprint density at radius 2 is 1.48 bits per heavy atom. The summed E-state index contributed by atoms with van der Waals surface area (Å²) in [6.45, 7) is 3.72. The lowest BCUT2D eigenvalue weighted by atomic mass is 9.86. The summed E-state index contributed by atoms with van der Waals surface area (Å²) in [5, 5.41) is 3.38. The van der Waals surface area contributed by atoms with Crippen molar-refractivity contribution in [3.05, 3.63) is 30.6 Å². The number of amides is 1. The average molecular weight is 606 g/mol. The Kier molecular flexibility index (Phi) is 20.7. The molecule has 0 bridgehead atoms. The number of thioether (sulfide) groups is 1. The van der Waals surface area contributed by atoms with Crippen molar-refractivity contribution >= 4 is 24.1 Å². The Labute approximate surface area is 261 Å². The molecule has 1 aliphatic rings. The molecule has 1 amide bonds. The molecule has 0 radical (unpaired) electrons. The first-order chi connectivity index (χ1) is 20.6. The molecule has 42 heavy (non-hydrogen) atoms. The smallest absolute Gasteiger partial charge is 0.407 e. The second kappa shape index (κ2) is 23.8. The number of unbranched alkanes of at least 4 members (excludes halogenated alkanes) is 15. The zero-order valence-electron chi connectivity index (χ0n) is 26.9. The number of nitrogens with one attached hydrogen (secondary N) is 1. The van der Waals surface area contributed by atoms with Gasteiger partial charge in [-0.15, -0.1) is 0 Å². The first-order valence-electron chi connectivity index (χ1n) is 17.1. The number of alkyl carbamates (subject to hydrolysis) is 1. The van der Waals surface area contributed by atoms with E-state index in [9.17, 15) is 9.59 Å². The molecule has 2 heterocycles. The van der Waals surface area contributed by atoms with Crippen molar-refractivity contribution in [1.29, 1.82) is 0 Å². The van der Waals surface area contributed by atoms with E-state index in [1.54, 1.807) is 7.11 Å². The number of ether oxygens (including phenoxy) is 2. The van der Waals surface area contributed by atoms with E-state index in [4.69, 9.17) is 9.47 Å². The van der Waals surface area contributed by atoms with Crippen LogP contribution in [0.15, 0.2) is 30.6 Å². The highest BCUT2D eigenvalue weighted by Gasteiger charge is 2.39. The summed E-state index contributed by atoms with van der Waals surface area (Å²) in [7, 11) is 1.54. The van der Waals surface area contributed by atoms with E-state index in [0.29, 0.717) is 24.1 Å². The van der Waals surface area contributed by atoms with Gasteiger partial charge in [0.15, 0.2) is 24.3 Å². The van der Waals surface area contributed by atoms with E-state index in [-0.39, 0.29) is 6.61 Å². The average Bonchev–Trinajstić information content (AvgIpc) is 2.99. The van der Waals surface area contributed by atoms with Crippen LogP contribution in [-0.2, 0) is 20.8 Å². The zero-order chi connectivity index (χ0) is 30.1. The van der Waals surface area contributed by atoms with Gasteiger partial charge >= 0.3 is 6.09 Å². The third-order valence-electron chi connectivity index (χ3n) is 8.77. The van der Waals surface area contributed by atoms with Gasteiger partial charge in [0.05, 0.1) is 0 Å². The van der Waals surface area contributed by atoms with Gasteiger partial charge in [-0.25, -0.2) is 9.36 Å². The fourth-order valence-electron chi connectivity index (χ4n) is 5.82. The van der Waals surface area contributed by atoms with Crippen LogP contribution in [0.4, 0.5) is 4.79 Å². The number of pyridine rings is 1. The molecule has 1 aromatic heterocycles. The number of rotatable bonds is 27. The Hall–Kier alpha value is -1.60. The van der Waals surface area contributed by atoms with Gasteiger partial charge in [0.25, 0.3) is 0 Å². The van der Waals surface area contributed by atoms with Gasteiger partial charge in [-0.1, -0.05) is 109 Å². The van der Waals surface area contributed by atoms with Crippen LogP contribution in [-0.4, -0.2) is 49.2 Å². The molecule has 0 aromatic carbocycles. The minimum Gasteiger partial charge on any atom is -0.446 e. The van der Waals surface area contributed by atoms with E-state index >= 15 is 0 Å². The predicted molar refractivity (Wildman–Crippen MR) is 175 cm³/mol. The molecule has 0 saturated carbocycles. The molecule has 1 aromatic rings. The molecule has 0 spiro atoms. The van der Waals surface area contributed by atoms with Crippen LogP contribution in [0, 0.1) is 5.92 Å². The minimum absolute atomic E-state index is 0.0514. The van der Waals surface area contributed by atoms with Crippen molar-refractivity contribution in [2.75, 3.05) is 26.0 Å². The lowest BCUT2D eigenvalue weighted by molar-refractivity contribution is -0.698. The number of aromatic nitrogens is 1. The van der Waals surface area contributed by atoms with Gasteiger partial charge in [-0.3, -0.25) is 4.79 Å². The summed E-state index contributed by atoms with van der Waals surface area (Å²) < 4.78 is 13.4. The highest BCUT2D eigenvalue weighted by molar-refractivity contribution is 8.01. The molecule has 240 valence electrons. The van der Waals surface area contributed by atoms with E-state index in [1.165, 1.54) is 95.6 Å². The van der Waals surface area contributed by atoms with Gasteiger partial charge in [-0.05, 0) is 30.9 Å². The topological polar surface area (TPSA) is 68.5 Å². The number of methoxy groups -OCH3 is 1. The maximum Gasteiger partial charge on any atom is 0.407 e. The Morgan fingerprint density at radius 3 is 1.95 bits per heavy atom. The largest absolute Gasteiger partial charge is 0.446 e. The van der Waals surface area contributed by atoms with Gasteiger partial charge in [0.1, 0.15) is 13.2 Å². The molecule has 2 rings (SSSR count). The molecular weight excluding hydrogens is 544 g/mol. The quantitative estimate of drug-likeness (QED) is 0.0619. The summed E-state index contributed by atoms with van der Waals surface area (Å²) in [4.78, 5) is 24.6. The second-order valence-electron chi connectivity index (χ2n) is 12.3. The summed E-state index contributed by atoms with van der Waals surface area (Å²) in [6, 6.07) is 6.08. The van der Waals surface area contributed by atoms with Crippen molar-refractivity contribution < 1.29 is 23.6 Å². The van der Waals surface area contributed by atoms with Crippen molar-refractivity contribution in [3.8, 4) is 0 Å². The van der Waals surface area contributed by atoms with Crippen molar-refractivity contribution in [3.63, 3.8) is 0 Å². The van der Waals surface area contributed by atoms with Crippen LogP contribution in [0.5, 0.6) is 0 Å². The highest BCUT2D eigenvalue weighted by Crippen LogP contribution is 2.39. The SMILES string of the molecule is CCCCCCCCCCCCCCCCCCNC(=O)OCC(C=O)(CC(CC[n+]1ccccc1)C1CCS1)OC. The fraction of sp³-hybridized carbons (Fsp3) is 0.800. The normalized spacial score (nSPS) is 16.8. The highest BCUT2D eigenvalue weighted by atomic mass is 32.2. The summed E-state index contributed by atoms with van der Waals surface area (Å²) in [5.74, 6) is 1.48. The van der Waals surface area contributed by atoms with Gasteiger partial charge < -0.3 is 14.8 Å². The third kappa shape index (κ3) is 16.3. The lowest BCUT2D eigenvalue weighted by Crippen LogP contribution is -2.46. The third-order valence-corrected chi connectivity index (χ3v) is 10.3. The molecule has 3 unspecified atom stereocenters.